The Labute approximate surface area is 207 Å². The van der Waals surface area contributed by atoms with Crippen molar-refractivity contribution in [2.45, 2.75) is 39.8 Å². The smallest absolute Gasteiger partial charge is 0.307 e. The molecule has 0 amide bonds. The van der Waals surface area contributed by atoms with Crippen molar-refractivity contribution >= 4 is 23.9 Å². The minimum atomic E-state index is -0.351. The lowest BCUT2D eigenvalue weighted by molar-refractivity contribution is -0.141. The molecule has 0 radical (unpaired) electrons. The highest BCUT2D eigenvalue weighted by molar-refractivity contribution is 6.31. The van der Waals surface area contributed by atoms with E-state index in [-0.39, 0.29) is 18.4 Å². The molecule has 0 aromatic heterocycles. The molecule has 0 aliphatic carbocycles. The van der Waals surface area contributed by atoms with E-state index in [0.29, 0.717) is 17.9 Å². The molecule has 0 spiro atoms. The summed E-state index contributed by atoms with van der Waals surface area (Å²) >= 11 is 6.27. The number of benzene rings is 3. The largest absolute Gasteiger partial charge is 0.489 e. The van der Waals surface area contributed by atoms with Crippen molar-refractivity contribution in [1.82, 2.24) is 5.32 Å². The summed E-state index contributed by atoms with van der Waals surface area (Å²) in [6.07, 6.45) is 0.899. The van der Waals surface area contributed by atoms with Crippen molar-refractivity contribution in [2.75, 3.05) is 14.2 Å². The summed E-state index contributed by atoms with van der Waals surface area (Å²) in [6, 6.07) is 18.9. The molecule has 34 heavy (non-hydrogen) atoms. The van der Waals surface area contributed by atoms with Crippen LogP contribution in [0, 0.1) is 6.92 Å². The van der Waals surface area contributed by atoms with Gasteiger partial charge in [0, 0.05) is 16.6 Å². The summed E-state index contributed by atoms with van der Waals surface area (Å²) in [7, 11) is 3.08. The maximum absolute atomic E-state index is 11.7. The van der Waals surface area contributed by atoms with E-state index in [4.69, 9.17) is 21.1 Å². The Kier molecular flexibility index (Phi) is 10.8. The van der Waals surface area contributed by atoms with E-state index >= 15 is 0 Å². The van der Waals surface area contributed by atoms with Crippen molar-refractivity contribution in [2.24, 2.45) is 0 Å². The molecule has 0 saturated carbocycles. The summed E-state index contributed by atoms with van der Waals surface area (Å²) in [5.74, 6) is 0.226. The van der Waals surface area contributed by atoms with Crippen LogP contribution < -0.4 is 10.1 Å². The molecule has 0 fully saturated rings. The summed E-state index contributed by atoms with van der Waals surface area (Å²) in [6.45, 7) is 6.35. The Morgan fingerprint density at radius 3 is 2.50 bits per heavy atom. The number of halogens is 1. The van der Waals surface area contributed by atoms with Gasteiger partial charge in [-0.1, -0.05) is 61.8 Å². The molecule has 180 valence electrons. The first-order valence-corrected chi connectivity index (χ1v) is 11.6. The van der Waals surface area contributed by atoms with E-state index in [1.807, 2.05) is 57.2 Å². The Balaban J connectivity index is 0.00000199. The minimum Gasteiger partial charge on any atom is -0.489 e. The van der Waals surface area contributed by atoms with Crippen LogP contribution in [0.2, 0.25) is 5.02 Å². The van der Waals surface area contributed by atoms with Gasteiger partial charge in [-0.2, -0.15) is 0 Å². The number of methoxy groups -OCH3 is 1. The lowest BCUT2D eigenvalue weighted by atomic mass is 9.98. The first-order chi connectivity index (χ1) is 16.5. The molecule has 3 rings (SSSR count). The molecule has 3 aromatic rings. The van der Waals surface area contributed by atoms with Crippen LogP contribution in [-0.2, 0) is 16.1 Å². The Bertz CT molecular complexity index is 1110. The van der Waals surface area contributed by atoms with Gasteiger partial charge in [-0.3, -0.25) is 9.59 Å². The van der Waals surface area contributed by atoms with Gasteiger partial charge in [-0.25, -0.2) is 0 Å². The molecular formula is C28H32ClNO4. The topological polar surface area (TPSA) is 64.6 Å². The normalized spacial score (nSPS) is 11.1. The maximum Gasteiger partial charge on any atom is 0.307 e. The lowest BCUT2D eigenvalue weighted by Gasteiger charge is -2.18. The zero-order valence-corrected chi connectivity index (χ0v) is 21.1. The highest BCUT2D eigenvalue weighted by Gasteiger charge is 2.18. The van der Waals surface area contributed by atoms with E-state index in [2.05, 4.69) is 11.4 Å². The number of nitrogens with one attached hydrogen (secondary N) is 1. The third kappa shape index (κ3) is 6.92. The van der Waals surface area contributed by atoms with Gasteiger partial charge in [-0.05, 0) is 66.1 Å². The van der Waals surface area contributed by atoms with Crippen molar-refractivity contribution < 1.29 is 19.1 Å². The predicted molar refractivity (Wildman–Crippen MR) is 138 cm³/mol. The van der Waals surface area contributed by atoms with Crippen LogP contribution in [0.25, 0.3) is 11.1 Å². The zero-order valence-electron chi connectivity index (χ0n) is 20.4. The van der Waals surface area contributed by atoms with Gasteiger partial charge in [0.15, 0.2) is 6.29 Å². The summed E-state index contributed by atoms with van der Waals surface area (Å²) in [5, 5.41) is 3.79. The van der Waals surface area contributed by atoms with Crippen LogP contribution in [0.1, 0.15) is 53.4 Å². The molecule has 0 bridgehead atoms. The van der Waals surface area contributed by atoms with Crippen LogP contribution in [0.3, 0.4) is 0 Å². The standard InChI is InChI=1S/C26H26ClNO4.C2H6/c1-17-22(8-5-9-24(17)27)19-7-4-6-18(12-19)16-32-21-10-11-23(20(13-21)15-29)25(28-2)14-26(30)31-3;1-2/h4-13,15,25,28H,14,16H2,1-3H3;1-2H3. The quantitative estimate of drug-likeness (QED) is 0.277. The number of carbonyl (C=O) groups is 2. The van der Waals surface area contributed by atoms with Crippen molar-refractivity contribution in [3.63, 3.8) is 0 Å². The summed E-state index contributed by atoms with van der Waals surface area (Å²) < 4.78 is 10.7. The maximum atomic E-state index is 11.7. The van der Waals surface area contributed by atoms with Crippen LogP contribution in [0.5, 0.6) is 5.75 Å². The van der Waals surface area contributed by atoms with Crippen molar-refractivity contribution in [3.8, 4) is 16.9 Å². The highest BCUT2D eigenvalue weighted by Crippen LogP contribution is 2.29. The molecule has 3 aromatic carbocycles. The minimum absolute atomic E-state index is 0.129. The van der Waals surface area contributed by atoms with Gasteiger partial charge in [0.1, 0.15) is 12.4 Å². The Morgan fingerprint density at radius 1 is 1.09 bits per heavy atom. The second kappa shape index (κ2) is 13.5. The van der Waals surface area contributed by atoms with E-state index in [1.165, 1.54) is 7.11 Å². The van der Waals surface area contributed by atoms with E-state index in [0.717, 1.165) is 39.1 Å². The molecule has 0 aliphatic rings. The van der Waals surface area contributed by atoms with E-state index in [9.17, 15) is 9.59 Å². The van der Waals surface area contributed by atoms with Gasteiger partial charge in [0.2, 0.25) is 0 Å². The van der Waals surface area contributed by atoms with Crippen LogP contribution in [0.4, 0.5) is 0 Å². The number of carbonyl (C=O) groups excluding carboxylic acids is 2. The van der Waals surface area contributed by atoms with Crippen LogP contribution in [0.15, 0.2) is 60.7 Å². The van der Waals surface area contributed by atoms with Crippen LogP contribution >= 0.6 is 11.6 Å². The van der Waals surface area contributed by atoms with Crippen molar-refractivity contribution in [3.05, 3.63) is 87.9 Å². The molecule has 0 saturated heterocycles. The number of aldehydes is 1. The number of rotatable bonds is 9. The molecule has 1 unspecified atom stereocenters. The first kappa shape index (κ1) is 27.1. The van der Waals surface area contributed by atoms with Gasteiger partial charge in [-0.15, -0.1) is 0 Å². The van der Waals surface area contributed by atoms with Gasteiger partial charge in [0.25, 0.3) is 0 Å². The number of esters is 1. The third-order valence-corrected chi connectivity index (χ3v) is 5.83. The van der Waals surface area contributed by atoms with Crippen molar-refractivity contribution in [1.29, 1.82) is 0 Å². The zero-order chi connectivity index (χ0) is 25.1. The molecule has 1 atom stereocenters. The first-order valence-electron chi connectivity index (χ1n) is 11.3. The van der Waals surface area contributed by atoms with E-state index in [1.54, 1.807) is 25.2 Å². The summed E-state index contributed by atoms with van der Waals surface area (Å²) in [4.78, 5) is 23.3. The molecule has 0 aliphatic heterocycles. The van der Waals surface area contributed by atoms with Gasteiger partial charge in [0.05, 0.1) is 13.5 Å². The summed E-state index contributed by atoms with van der Waals surface area (Å²) in [5.41, 5.74) is 5.36. The number of ether oxygens (including phenoxy) is 2. The van der Waals surface area contributed by atoms with Gasteiger partial charge < -0.3 is 14.8 Å². The highest BCUT2D eigenvalue weighted by atomic mass is 35.5. The second-order valence-electron chi connectivity index (χ2n) is 7.43. The fraction of sp³-hybridized carbons (Fsp3) is 0.286. The molecule has 1 N–H and O–H groups in total. The molecule has 0 heterocycles. The third-order valence-electron chi connectivity index (χ3n) is 5.42. The SMILES string of the molecule is CC.CNC(CC(=O)OC)c1ccc(OCc2cccc(-c3cccc(Cl)c3C)c2)cc1C=O. The lowest BCUT2D eigenvalue weighted by Crippen LogP contribution is -2.22. The fourth-order valence-corrected chi connectivity index (χ4v) is 3.77. The average Bonchev–Trinajstić information content (AvgIpc) is 2.88. The number of hydrogen-bond acceptors (Lipinski definition) is 5. The second-order valence-corrected chi connectivity index (χ2v) is 7.84. The van der Waals surface area contributed by atoms with Gasteiger partial charge >= 0.3 is 5.97 Å². The molecule has 5 nitrogen and oxygen atoms in total. The Hall–Kier alpha value is -3.15. The molecule has 6 heteroatoms. The average molecular weight is 482 g/mol. The fourth-order valence-electron chi connectivity index (χ4n) is 3.60. The monoisotopic (exact) mass is 481 g/mol. The van der Waals surface area contributed by atoms with E-state index < -0.39 is 0 Å². The molecular weight excluding hydrogens is 450 g/mol. The predicted octanol–water partition coefficient (Wildman–Crippen LogP) is 6.56. The van der Waals surface area contributed by atoms with Crippen LogP contribution in [-0.4, -0.2) is 26.4 Å². The Morgan fingerprint density at radius 2 is 1.82 bits per heavy atom. The number of hydrogen-bond donors (Lipinski definition) is 1.